The molecule has 0 amide bonds. The third-order valence-corrected chi connectivity index (χ3v) is 2.14. The number of aromatic nitrogens is 1. The number of hydrogen-bond acceptors (Lipinski definition) is 1. The Morgan fingerprint density at radius 2 is 1.93 bits per heavy atom. The van der Waals surface area contributed by atoms with Crippen LogP contribution >= 0.6 is 0 Å². The van der Waals surface area contributed by atoms with E-state index in [1.165, 1.54) is 6.20 Å². The first kappa shape index (κ1) is 8.75. The SMILES string of the molecule is Cc1cccc(-c2cccc[n+]2[O-])c1. The van der Waals surface area contributed by atoms with Gasteiger partial charge in [0.25, 0.3) is 0 Å². The first-order chi connectivity index (χ1) is 6.77. The largest absolute Gasteiger partial charge is 0.618 e. The molecule has 0 unspecified atom stereocenters. The normalized spacial score (nSPS) is 10.1. The Morgan fingerprint density at radius 3 is 2.64 bits per heavy atom. The molecular formula is C12H11NO. The number of pyridine rings is 1. The zero-order chi connectivity index (χ0) is 9.97. The second-order valence-electron chi connectivity index (χ2n) is 3.28. The Morgan fingerprint density at radius 1 is 1.07 bits per heavy atom. The lowest BCUT2D eigenvalue weighted by Crippen LogP contribution is -2.27. The van der Waals surface area contributed by atoms with Gasteiger partial charge in [0.1, 0.15) is 0 Å². The van der Waals surface area contributed by atoms with Crippen molar-refractivity contribution in [2.75, 3.05) is 0 Å². The van der Waals surface area contributed by atoms with Crippen LogP contribution in [0.5, 0.6) is 0 Å². The summed E-state index contributed by atoms with van der Waals surface area (Å²) in [4.78, 5) is 0. The summed E-state index contributed by atoms with van der Waals surface area (Å²) in [7, 11) is 0. The van der Waals surface area contributed by atoms with Crippen LogP contribution < -0.4 is 4.73 Å². The van der Waals surface area contributed by atoms with Crippen molar-refractivity contribution in [2.45, 2.75) is 6.92 Å². The molecule has 0 aliphatic heterocycles. The highest BCUT2D eigenvalue weighted by Crippen LogP contribution is 2.15. The number of rotatable bonds is 1. The molecule has 1 heterocycles. The summed E-state index contributed by atoms with van der Waals surface area (Å²) in [6.07, 6.45) is 1.51. The Labute approximate surface area is 83.0 Å². The second-order valence-corrected chi connectivity index (χ2v) is 3.28. The van der Waals surface area contributed by atoms with E-state index in [4.69, 9.17) is 0 Å². The summed E-state index contributed by atoms with van der Waals surface area (Å²) >= 11 is 0. The van der Waals surface area contributed by atoms with Crippen LogP contribution in [0.1, 0.15) is 5.56 Å². The van der Waals surface area contributed by atoms with Crippen molar-refractivity contribution in [1.82, 2.24) is 0 Å². The molecule has 0 saturated heterocycles. The lowest BCUT2D eigenvalue weighted by atomic mass is 10.1. The summed E-state index contributed by atoms with van der Waals surface area (Å²) in [5.41, 5.74) is 2.81. The molecule has 70 valence electrons. The van der Waals surface area contributed by atoms with E-state index >= 15 is 0 Å². The van der Waals surface area contributed by atoms with Gasteiger partial charge < -0.3 is 5.21 Å². The number of hydrogen-bond donors (Lipinski definition) is 0. The monoisotopic (exact) mass is 185 g/mol. The maximum absolute atomic E-state index is 11.4. The zero-order valence-corrected chi connectivity index (χ0v) is 7.97. The molecule has 1 aromatic carbocycles. The fourth-order valence-electron chi connectivity index (χ4n) is 1.46. The predicted molar refractivity (Wildman–Crippen MR) is 55.6 cm³/mol. The smallest absolute Gasteiger partial charge is 0.223 e. The molecular weight excluding hydrogens is 174 g/mol. The fourth-order valence-corrected chi connectivity index (χ4v) is 1.46. The highest BCUT2D eigenvalue weighted by Gasteiger charge is 2.05. The van der Waals surface area contributed by atoms with E-state index < -0.39 is 0 Å². The average molecular weight is 185 g/mol. The molecule has 0 aliphatic carbocycles. The highest BCUT2D eigenvalue weighted by molar-refractivity contribution is 5.56. The maximum Gasteiger partial charge on any atom is 0.223 e. The van der Waals surface area contributed by atoms with Crippen LogP contribution in [0.3, 0.4) is 0 Å². The van der Waals surface area contributed by atoms with E-state index in [1.54, 1.807) is 6.07 Å². The Kier molecular flexibility index (Phi) is 2.19. The van der Waals surface area contributed by atoms with Crippen molar-refractivity contribution in [1.29, 1.82) is 0 Å². The third kappa shape index (κ3) is 1.59. The quantitative estimate of drug-likeness (QED) is 0.494. The summed E-state index contributed by atoms with van der Waals surface area (Å²) < 4.78 is 0.884. The molecule has 0 saturated carbocycles. The minimum absolute atomic E-state index is 0.691. The molecule has 0 atom stereocenters. The van der Waals surface area contributed by atoms with Crippen LogP contribution in [-0.2, 0) is 0 Å². The summed E-state index contributed by atoms with van der Waals surface area (Å²) in [6.45, 7) is 2.02. The van der Waals surface area contributed by atoms with E-state index in [1.807, 2.05) is 43.3 Å². The second kappa shape index (κ2) is 3.50. The molecule has 1 aromatic heterocycles. The molecule has 2 nitrogen and oxygen atoms in total. The minimum Gasteiger partial charge on any atom is -0.618 e. The summed E-state index contributed by atoms with van der Waals surface area (Å²) in [6, 6.07) is 13.3. The predicted octanol–water partition coefficient (Wildman–Crippen LogP) is 2.30. The average Bonchev–Trinajstić information content (AvgIpc) is 2.18. The first-order valence-electron chi connectivity index (χ1n) is 4.52. The van der Waals surface area contributed by atoms with Gasteiger partial charge in [0.15, 0.2) is 6.20 Å². The number of benzene rings is 1. The van der Waals surface area contributed by atoms with Crippen molar-refractivity contribution >= 4 is 0 Å². The molecule has 0 fully saturated rings. The van der Waals surface area contributed by atoms with Crippen molar-refractivity contribution in [2.24, 2.45) is 0 Å². The van der Waals surface area contributed by atoms with E-state index in [-0.39, 0.29) is 0 Å². The van der Waals surface area contributed by atoms with Crippen LogP contribution in [0.4, 0.5) is 0 Å². The zero-order valence-electron chi connectivity index (χ0n) is 7.97. The van der Waals surface area contributed by atoms with Crippen LogP contribution in [0.25, 0.3) is 11.3 Å². The first-order valence-corrected chi connectivity index (χ1v) is 4.52. The van der Waals surface area contributed by atoms with E-state index in [9.17, 15) is 5.21 Å². The lowest BCUT2D eigenvalue weighted by molar-refractivity contribution is -0.593. The molecule has 2 heteroatoms. The molecule has 2 rings (SSSR count). The van der Waals surface area contributed by atoms with Crippen molar-refractivity contribution in [3.63, 3.8) is 0 Å². The minimum atomic E-state index is 0.691. The van der Waals surface area contributed by atoms with E-state index in [0.29, 0.717) is 5.69 Å². The number of nitrogens with zero attached hydrogens (tertiary/aromatic N) is 1. The Bertz CT molecular complexity index is 452. The molecule has 0 N–H and O–H groups in total. The van der Waals surface area contributed by atoms with Crippen molar-refractivity contribution < 1.29 is 4.73 Å². The van der Waals surface area contributed by atoms with Gasteiger partial charge in [-0.1, -0.05) is 17.7 Å². The van der Waals surface area contributed by atoms with Crippen molar-refractivity contribution in [3.05, 3.63) is 59.4 Å². The van der Waals surface area contributed by atoms with Gasteiger partial charge >= 0.3 is 0 Å². The third-order valence-electron chi connectivity index (χ3n) is 2.14. The topological polar surface area (TPSA) is 26.9 Å². The molecule has 2 aromatic rings. The molecule has 0 spiro atoms. The molecule has 0 bridgehead atoms. The van der Waals surface area contributed by atoms with Gasteiger partial charge in [-0.3, -0.25) is 0 Å². The van der Waals surface area contributed by atoms with E-state index in [0.717, 1.165) is 15.9 Å². The van der Waals surface area contributed by atoms with Gasteiger partial charge in [0.2, 0.25) is 5.69 Å². The van der Waals surface area contributed by atoms with Gasteiger partial charge in [-0.2, -0.15) is 4.73 Å². The van der Waals surface area contributed by atoms with Crippen LogP contribution in [0, 0.1) is 12.1 Å². The van der Waals surface area contributed by atoms with E-state index in [2.05, 4.69) is 0 Å². The van der Waals surface area contributed by atoms with Gasteiger partial charge in [-0.05, 0) is 25.1 Å². The highest BCUT2D eigenvalue weighted by atomic mass is 16.5. The fraction of sp³-hybridized carbons (Fsp3) is 0.0833. The van der Waals surface area contributed by atoms with Gasteiger partial charge in [-0.25, -0.2) is 0 Å². The van der Waals surface area contributed by atoms with Crippen molar-refractivity contribution in [3.8, 4) is 11.3 Å². The summed E-state index contributed by atoms with van der Waals surface area (Å²) in [5.74, 6) is 0. The van der Waals surface area contributed by atoms with Gasteiger partial charge in [0.05, 0.1) is 0 Å². The molecule has 0 radical (unpaired) electrons. The summed E-state index contributed by atoms with van der Waals surface area (Å²) in [5, 5.41) is 11.4. The Hall–Kier alpha value is -1.83. The molecule has 0 aliphatic rings. The Balaban J connectivity index is 2.55. The lowest BCUT2D eigenvalue weighted by Gasteiger charge is -2.03. The van der Waals surface area contributed by atoms with Crippen LogP contribution in [-0.4, -0.2) is 0 Å². The van der Waals surface area contributed by atoms with Gasteiger partial charge in [-0.15, -0.1) is 0 Å². The van der Waals surface area contributed by atoms with Crippen LogP contribution in [0.2, 0.25) is 0 Å². The molecule has 14 heavy (non-hydrogen) atoms. The van der Waals surface area contributed by atoms with Crippen LogP contribution in [0.15, 0.2) is 48.7 Å². The standard InChI is InChI=1S/C12H11NO/c1-10-5-4-6-11(9-10)12-7-2-3-8-13(12)14/h2-9H,1H3. The maximum atomic E-state index is 11.4. The van der Waals surface area contributed by atoms with Gasteiger partial charge in [0, 0.05) is 17.7 Å². The number of aryl methyl sites for hydroxylation is 1.